The zero-order valence-corrected chi connectivity index (χ0v) is 11.6. The van der Waals surface area contributed by atoms with Crippen molar-refractivity contribution in [2.45, 2.75) is 25.3 Å². The standard InChI is InChI=1S/C14H19ClN2O2/c15-11-4-3-6-13(8-11)19-10-14(18)17-12-5-1-2-7-16-9-12/h3-4,6,8,12,16H,1-2,5,7,9-10H2,(H,17,18). The van der Waals surface area contributed by atoms with Gasteiger partial charge in [0.25, 0.3) is 5.91 Å². The highest BCUT2D eigenvalue weighted by Crippen LogP contribution is 2.16. The van der Waals surface area contributed by atoms with Crippen molar-refractivity contribution in [3.05, 3.63) is 29.3 Å². The van der Waals surface area contributed by atoms with Crippen molar-refractivity contribution >= 4 is 17.5 Å². The Balaban J connectivity index is 1.74. The molecule has 1 amide bonds. The number of amides is 1. The molecule has 1 heterocycles. The van der Waals surface area contributed by atoms with E-state index in [-0.39, 0.29) is 18.6 Å². The highest BCUT2D eigenvalue weighted by Gasteiger charge is 2.14. The molecule has 1 unspecified atom stereocenters. The van der Waals surface area contributed by atoms with Gasteiger partial charge in [-0.1, -0.05) is 24.1 Å². The molecule has 19 heavy (non-hydrogen) atoms. The summed E-state index contributed by atoms with van der Waals surface area (Å²) in [5.74, 6) is 0.523. The molecule has 0 bridgehead atoms. The largest absolute Gasteiger partial charge is 0.484 e. The zero-order chi connectivity index (χ0) is 13.5. The monoisotopic (exact) mass is 282 g/mol. The minimum absolute atomic E-state index is 0.0246. The second-order valence-electron chi connectivity index (χ2n) is 4.71. The second kappa shape index (κ2) is 7.36. The molecular weight excluding hydrogens is 264 g/mol. The van der Waals surface area contributed by atoms with Gasteiger partial charge in [-0.2, -0.15) is 0 Å². The van der Waals surface area contributed by atoms with Crippen molar-refractivity contribution in [2.24, 2.45) is 0 Å². The van der Waals surface area contributed by atoms with Crippen LogP contribution < -0.4 is 15.4 Å². The maximum Gasteiger partial charge on any atom is 0.258 e. The third kappa shape index (κ3) is 5.09. The molecule has 0 saturated carbocycles. The van der Waals surface area contributed by atoms with Crippen LogP contribution in [0.2, 0.25) is 5.02 Å². The summed E-state index contributed by atoms with van der Waals surface area (Å²) >= 11 is 5.85. The predicted molar refractivity (Wildman–Crippen MR) is 75.6 cm³/mol. The van der Waals surface area contributed by atoms with E-state index in [2.05, 4.69) is 10.6 Å². The third-order valence-corrected chi connectivity index (χ3v) is 3.31. The molecule has 5 heteroatoms. The first-order chi connectivity index (χ1) is 9.24. The number of nitrogens with one attached hydrogen (secondary N) is 2. The van der Waals surface area contributed by atoms with Gasteiger partial charge in [-0.3, -0.25) is 4.79 Å². The van der Waals surface area contributed by atoms with Crippen LogP contribution in [0, 0.1) is 0 Å². The molecule has 1 aromatic rings. The third-order valence-electron chi connectivity index (χ3n) is 3.08. The van der Waals surface area contributed by atoms with Crippen molar-refractivity contribution in [2.75, 3.05) is 19.7 Å². The molecule has 2 rings (SSSR count). The minimum atomic E-state index is -0.0892. The Labute approximate surface area is 118 Å². The van der Waals surface area contributed by atoms with Crippen LogP contribution in [0.1, 0.15) is 19.3 Å². The number of benzene rings is 1. The van der Waals surface area contributed by atoms with Gasteiger partial charge in [-0.15, -0.1) is 0 Å². The van der Waals surface area contributed by atoms with Crippen LogP contribution in [0.4, 0.5) is 0 Å². The summed E-state index contributed by atoms with van der Waals surface area (Å²) in [4.78, 5) is 11.8. The molecule has 1 fully saturated rings. The van der Waals surface area contributed by atoms with Gasteiger partial charge in [0.1, 0.15) is 5.75 Å². The van der Waals surface area contributed by atoms with Gasteiger partial charge in [0, 0.05) is 17.6 Å². The van der Waals surface area contributed by atoms with Gasteiger partial charge in [0.2, 0.25) is 0 Å². The molecule has 1 aromatic carbocycles. The highest BCUT2D eigenvalue weighted by molar-refractivity contribution is 6.30. The Morgan fingerprint density at radius 2 is 2.37 bits per heavy atom. The molecule has 4 nitrogen and oxygen atoms in total. The summed E-state index contributed by atoms with van der Waals surface area (Å²) in [5, 5.41) is 6.90. The lowest BCUT2D eigenvalue weighted by Crippen LogP contribution is -2.42. The van der Waals surface area contributed by atoms with Crippen LogP contribution >= 0.6 is 11.6 Å². The maximum absolute atomic E-state index is 11.8. The summed E-state index contributed by atoms with van der Waals surface area (Å²) in [6, 6.07) is 7.25. The number of hydrogen-bond acceptors (Lipinski definition) is 3. The van der Waals surface area contributed by atoms with Crippen LogP contribution in [0.25, 0.3) is 0 Å². The summed E-state index contributed by atoms with van der Waals surface area (Å²) in [6.07, 6.45) is 3.34. The van der Waals surface area contributed by atoms with E-state index in [1.54, 1.807) is 24.3 Å². The Hall–Kier alpha value is -1.26. The smallest absolute Gasteiger partial charge is 0.258 e. The van der Waals surface area contributed by atoms with Gasteiger partial charge in [0.05, 0.1) is 0 Å². The van der Waals surface area contributed by atoms with E-state index in [1.165, 1.54) is 6.42 Å². The quantitative estimate of drug-likeness (QED) is 0.888. The molecule has 0 aliphatic carbocycles. The van der Waals surface area contributed by atoms with Gasteiger partial charge < -0.3 is 15.4 Å². The van der Waals surface area contributed by atoms with E-state index < -0.39 is 0 Å². The van der Waals surface area contributed by atoms with Crippen LogP contribution in [0.3, 0.4) is 0 Å². The molecule has 1 saturated heterocycles. The van der Waals surface area contributed by atoms with E-state index >= 15 is 0 Å². The summed E-state index contributed by atoms with van der Waals surface area (Å²) in [6.45, 7) is 1.89. The number of hydrogen-bond donors (Lipinski definition) is 2. The minimum Gasteiger partial charge on any atom is -0.484 e. The average Bonchev–Trinajstić information content (AvgIpc) is 2.65. The zero-order valence-electron chi connectivity index (χ0n) is 10.8. The fraction of sp³-hybridized carbons (Fsp3) is 0.500. The number of carbonyl (C=O) groups excluding carboxylic acids is 1. The molecular formula is C14H19ClN2O2. The average molecular weight is 283 g/mol. The molecule has 104 valence electrons. The van der Waals surface area contributed by atoms with Crippen molar-refractivity contribution < 1.29 is 9.53 Å². The molecule has 1 atom stereocenters. The van der Waals surface area contributed by atoms with Gasteiger partial charge in [-0.05, 0) is 37.6 Å². The fourth-order valence-corrected chi connectivity index (χ4v) is 2.30. The Morgan fingerprint density at radius 3 is 3.21 bits per heavy atom. The number of ether oxygens (including phenoxy) is 1. The Bertz CT molecular complexity index is 418. The molecule has 1 aliphatic heterocycles. The predicted octanol–water partition coefficient (Wildman–Crippen LogP) is 1.98. The molecule has 1 aliphatic rings. The lowest BCUT2D eigenvalue weighted by atomic mass is 10.1. The maximum atomic E-state index is 11.8. The van der Waals surface area contributed by atoms with Crippen LogP contribution in [0.15, 0.2) is 24.3 Å². The first-order valence-electron chi connectivity index (χ1n) is 6.62. The first kappa shape index (κ1) is 14.2. The van der Waals surface area contributed by atoms with Gasteiger partial charge in [-0.25, -0.2) is 0 Å². The Morgan fingerprint density at radius 1 is 1.47 bits per heavy atom. The highest BCUT2D eigenvalue weighted by atomic mass is 35.5. The van der Waals surface area contributed by atoms with Crippen molar-refractivity contribution in [3.63, 3.8) is 0 Å². The summed E-state index contributed by atoms with van der Waals surface area (Å²) in [7, 11) is 0. The molecule has 0 spiro atoms. The Kier molecular flexibility index (Phi) is 5.48. The topological polar surface area (TPSA) is 50.4 Å². The normalized spacial score (nSPS) is 19.5. The SMILES string of the molecule is O=C(COc1cccc(Cl)c1)NC1CCCCNC1. The van der Waals surface area contributed by atoms with E-state index in [0.717, 1.165) is 25.9 Å². The van der Waals surface area contributed by atoms with Crippen molar-refractivity contribution in [1.29, 1.82) is 0 Å². The number of rotatable bonds is 4. The molecule has 2 N–H and O–H groups in total. The molecule has 0 radical (unpaired) electrons. The van der Waals surface area contributed by atoms with E-state index in [9.17, 15) is 4.79 Å². The van der Waals surface area contributed by atoms with Crippen LogP contribution in [0.5, 0.6) is 5.75 Å². The fourth-order valence-electron chi connectivity index (χ4n) is 2.12. The van der Waals surface area contributed by atoms with Crippen LogP contribution in [-0.4, -0.2) is 31.6 Å². The van der Waals surface area contributed by atoms with Crippen molar-refractivity contribution in [3.8, 4) is 5.75 Å². The second-order valence-corrected chi connectivity index (χ2v) is 5.15. The van der Waals surface area contributed by atoms with Crippen molar-refractivity contribution in [1.82, 2.24) is 10.6 Å². The number of halogens is 1. The van der Waals surface area contributed by atoms with Gasteiger partial charge >= 0.3 is 0 Å². The van der Waals surface area contributed by atoms with Gasteiger partial charge in [0.15, 0.2) is 6.61 Å². The van der Waals surface area contributed by atoms with E-state index in [1.807, 2.05) is 0 Å². The van der Waals surface area contributed by atoms with Crippen LogP contribution in [-0.2, 0) is 4.79 Å². The summed E-state index contributed by atoms with van der Waals surface area (Å²) in [5.41, 5.74) is 0. The first-order valence-corrected chi connectivity index (χ1v) is 7.00. The lowest BCUT2D eigenvalue weighted by molar-refractivity contribution is -0.123. The molecule has 0 aromatic heterocycles. The van der Waals surface area contributed by atoms with E-state index in [4.69, 9.17) is 16.3 Å². The van der Waals surface area contributed by atoms with E-state index in [0.29, 0.717) is 10.8 Å². The summed E-state index contributed by atoms with van der Waals surface area (Å²) < 4.78 is 5.40. The lowest BCUT2D eigenvalue weighted by Gasteiger charge is -2.16. The number of carbonyl (C=O) groups is 1.